The van der Waals surface area contributed by atoms with Crippen LogP contribution in [-0.4, -0.2) is 34.1 Å². The molecule has 0 saturated heterocycles. The van der Waals surface area contributed by atoms with Crippen LogP contribution in [0.25, 0.3) is 0 Å². The normalized spacial score (nSPS) is 12.8. The van der Waals surface area contributed by atoms with Gasteiger partial charge >= 0.3 is 0 Å². The molecule has 1 aromatic heterocycles. The first-order chi connectivity index (χ1) is 8.38. The lowest BCUT2D eigenvalue weighted by molar-refractivity contribution is 0.318. The monoisotopic (exact) mass is 253 g/mol. The smallest absolute Gasteiger partial charge is 0.232 e. The van der Waals surface area contributed by atoms with E-state index in [1.54, 1.807) is 0 Å². The quantitative estimate of drug-likeness (QED) is 0.650. The zero-order valence-corrected chi connectivity index (χ0v) is 11.9. The first kappa shape index (κ1) is 14.5. The molecule has 0 aliphatic rings. The third-order valence-corrected chi connectivity index (χ3v) is 2.58. The van der Waals surface area contributed by atoms with Gasteiger partial charge in [0.2, 0.25) is 5.89 Å². The van der Waals surface area contributed by atoms with E-state index in [0.717, 1.165) is 13.1 Å². The van der Waals surface area contributed by atoms with Gasteiger partial charge in [0.1, 0.15) is 6.54 Å². The lowest BCUT2D eigenvalue weighted by Crippen LogP contribution is -2.37. The minimum Gasteiger partial charge on any atom is -0.370 e. The highest BCUT2D eigenvalue weighted by atomic mass is 16.5. The van der Waals surface area contributed by atoms with Crippen molar-refractivity contribution < 1.29 is 4.52 Å². The van der Waals surface area contributed by atoms with Crippen molar-refractivity contribution in [3.8, 4) is 0 Å². The van der Waals surface area contributed by atoms with E-state index in [0.29, 0.717) is 24.2 Å². The van der Waals surface area contributed by atoms with Gasteiger partial charge in [0.25, 0.3) is 0 Å². The van der Waals surface area contributed by atoms with E-state index in [-0.39, 0.29) is 5.41 Å². The number of hydrogen-bond donors (Lipinski definition) is 1. The summed E-state index contributed by atoms with van der Waals surface area (Å²) >= 11 is 0. The minimum absolute atomic E-state index is 0.140. The summed E-state index contributed by atoms with van der Waals surface area (Å²) in [7, 11) is 0. The molecule has 0 saturated carbocycles. The third-order valence-electron chi connectivity index (χ3n) is 2.58. The second kappa shape index (κ2) is 5.84. The largest absolute Gasteiger partial charge is 0.370 e. The number of hydrogen-bond acceptors (Lipinski definition) is 4. The summed E-state index contributed by atoms with van der Waals surface area (Å²) in [4.78, 5) is 10.5. The Morgan fingerprint density at radius 1 is 1.33 bits per heavy atom. The predicted molar refractivity (Wildman–Crippen MR) is 71.2 cm³/mol. The van der Waals surface area contributed by atoms with Gasteiger partial charge in [0, 0.05) is 18.5 Å². The van der Waals surface area contributed by atoms with Gasteiger partial charge in [-0.05, 0) is 13.8 Å². The first-order valence-corrected chi connectivity index (χ1v) is 6.26. The van der Waals surface area contributed by atoms with Gasteiger partial charge in [0.15, 0.2) is 11.8 Å². The van der Waals surface area contributed by atoms with Crippen LogP contribution in [0.2, 0.25) is 0 Å². The fourth-order valence-electron chi connectivity index (χ4n) is 1.42. The van der Waals surface area contributed by atoms with Crippen LogP contribution in [0.3, 0.4) is 0 Å². The molecule has 102 valence electrons. The van der Waals surface area contributed by atoms with Crippen molar-refractivity contribution in [3.05, 3.63) is 11.7 Å². The topological polar surface area (TPSA) is 80.5 Å². The van der Waals surface area contributed by atoms with Crippen LogP contribution >= 0.6 is 0 Å². The van der Waals surface area contributed by atoms with E-state index in [1.807, 2.05) is 39.5 Å². The molecule has 0 aliphatic carbocycles. The van der Waals surface area contributed by atoms with E-state index in [1.165, 1.54) is 0 Å². The lowest BCUT2D eigenvalue weighted by Gasteiger charge is -2.18. The van der Waals surface area contributed by atoms with Crippen LogP contribution in [0.4, 0.5) is 0 Å². The second-order valence-corrected chi connectivity index (χ2v) is 5.11. The highest BCUT2D eigenvalue weighted by Crippen LogP contribution is 2.19. The summed E-state index contributed by atoms with van der Waals surface area (Å²) in [6.45, 7) is 12.2. The predicted octanol–water partition coefficient (Wildman–Crippen LogP) is 1.52. The van der Waals surface area contributed by atoms with Crippen molar-refractivity contribution in [2.75, 3.05) is 13.1 Å². The lowest BCUT2D eigenvalue weighted by atomic mass is 9.97. The molecule has 0 unspecified atom stereocenters. The van der Waals surface area contributed by atoms with Crippen molar-refractivity contribution >= 4 is 5.96 Å². The van der Waals surface area contributed by atoms with Gasteiger partial charge in [0.05, 0.1) is 0 Å². The molecule has 0 radical (unpaired) electrons. The number of aromatic nitrogens is 2. The molecular weight excluding hydrogens is 230 g/mol. The Balaban J connectivity index is 2.69. The summed E-state index contributed by atoms with van der Waals surface area (Å²) in [5, 5.41) is 3.90. The highest BCUT2D eigenvalue weighted by Gasteiger charge is 2.21. The number of rotatable bonds is 4. The van der Waals surface area contributed by atoms with Gasteiger partial charge in [-0.15, -0.1) is 0 Å². The zero-order valence-electron chi connectivity index (χ0n) is 11.9. The summed E-state index contributed by atoms with van der Waals surface area (Å²) in [6, 6.07) is 0. The van der Waals surface area contributed by atoms with Crippen molar-refractivity contribution in [1.29, 1.82) is 0 Å². The van der Waals surface area contributed by atoms with Crippen LogP contribution in [-0.2, 0) is 12.0 Å². The maximum Gasteiger partial charge on any atom is 0.232 e. The van der Waals surface area contributed by atoms with Crippen LogP contribution in [0.15, 0.2) is 9.52 Å². The number of nitrogens with zero attached hydrogens (tertiary/aromatic N) is 4. The van der Waals surface area contributed by atoms with Crippen molar-refractivity contribution in [3.63, 3.8) is 0 Å². The van der Waals surface area contributed by atoms with Crippen LogP contribution in [0, 0.1) is 0 Å². The minimum atomic E-state index is -0.140. The van der Waals surface area contributed by atoms with Gasteiger partial charge in [-0.3, -0.25) is 0 Å². The molecule has 1 aromatic rings. The van der Waals surface area contributed by atoms with Crippen LogP contribution in [0.5, 0.6) is 0 Å². The summed E-state index contributed by atoms with van der Waals surface area (Å²) in [6.07, 6.45) is 0. The molecule has 0 amide bonds. The molecule has 0 atom stereocenters. The Morgan fingerprint density at radius 2 is 1.94 bits per heavy atom. The molecule has 0 spiro atoms. The second-order valence-electron chi connectivity index (χ2n) is 5.11. The molecule has 0 fully saturated rings. The van der Waals surface area contributed by atoms with Crippen molar-refractivity contribution in [2.24, 2.45) is 10.7 Å². The van der Waals surface area contributed by atoms with Crippen LogP contribution < -0.4 is 5.73 Å². The SMILES string of the molecule is CCN(CC)C(N)=NCc1noc(C(C)(C)C)n1. The highest BCUT2D eigenvalue weighted by molar-refractivity contribution is 5.77. The molecule has 6 nitrogen and oxygen atoms in total. The fraction of sp³-hybridized carbons (Fsp3) is 0.750. The molecule has 6 heteroatoms. The van der Waals surface area contributed by atoms with Gasteiger partial charge in [-0.25, -0.2) is 4.99 Å². The molecule has 0 aromatic carbocycles. The van der Waals surface area contributed by atoms with E-state index >= 15 is 0 Å². The van der Waals surface area contributed by atoms with Gasteiger partial charge in [-0.1, -0.05) is 25.9 Å². The third kappa shape index (κ3) is 3.72. The molecular formula is C12H23N5O. The molecule has 18 heavy (non-hydrogen) atoms. The first-order valence-electron chi connectivity index (χ1n) is 6.26. The Hall–Kier alpha value is -1.59. The Morgan fingerprint density at radius 3 is 2.39 bits per heavy atom. The fourth-order valence-corrected chi connectivity index (χ4v) is 1.42. The molecule has 0 bridgehead atoms. The summed E-state index contributed by atoms with van der Waals surface area (Å²) in [5.41, 5.74) is 5.73. The molecule has 0 aliphatic heterocycles. The molecule has 2 N–H and O–H groups in total. The van der Waals surface area contributed by atoms with Crippen molar-refractivity contribution in [2.45, 2.75) is 46.6 Å². The standard InChI is InChI=1S/C12H23N5O/c1-6-17(7-2)11(13)14-8-9-15-10(18-16-9)12(3,4)5/h6-8H2,1-5H3,(H2,13,14). The number of aliphatic imine (C=N–C) groups is 1. The maximum absolute atomic E-state index is 5.87. The molecule has 1 rings (SSSR count). The number of nitrogens with two attached hydrogens (primary N) is 1. The number of guanidine groups is 1. The van der Waals surface area contributed by atoms with Gasteiger partial charge < -0.3 is 15.2 Å². The van der Waals surface area contributed by atoms with E-state index in [4.69, 9.17) is 10.3 Å². The Labute approximate surface area is 108 Å². The van der Waals surface area contributed by atoms with E-state index < -0.39 is 0 Å². The maximum atomic E-state index is 5.87. The Bertz CT molecular complexity index is 401. The van der Waals surface area contributed by atoms with E-state index in [9.17, 15) is 0 Å². The summed E-state index contributed by atoms with van der Waals surface area (Å²) in [5.74, 6) is 1.70. The average molecular weight is 253 g/mol. The average Bonchev–Trinajstić information content (AvgIpc) is 2.76. The summed E-state index contributed by atoms with van der Waals surface area (Å²) < 4.78 is 5.19. The Kier molecular flexibility index (Phi) is 4.69. The zero-order chi connectivity index (χ0) is 13.8. The van der Waals surface area contributed by atoms with Crippen molar-refractivity contribution in [1.82, 2.24) is 15.0 Å². The molecule has 1 heterocycles. The van der Waals surface area contributed by atoms with E-state index in [2.05, 4.69) is 15.1 Å². The van der Waals surface area contributed by atoms with Gasteiger partial charge in [-0.2, -0.15) is 4.98 Å². The van der Waals surface area contributed by atoms with Crippen LogP contribution in [0.1, 0.15) is 46.3 Å².